The summed E-state index contributed by atoms with van der Waals surface area (Å²) in [4.78, 5) is 4.33. The first-order chi connectivity index (χ1) is 8.74. The van der Waals surface area contributed by atoms with Crippen molar-refractivity contribution in [2.45, 2.75) is 18.9 Å². The molecule has 1 fully saturated rings. The van der Waals surface area contributed by atoms with E-state index in [0.717, 1.165) is 25.0 Å². The molecule has 2 heterocycles. The molecule has 1 aromatic carbocycles. The Morgan fingerprint density at radius 1 is 1.39 bits per heavy atom. The first-order valence-corrected chi connectivity index (χ1v) is 6.12. The Bertz CT molecular complexity index is 564. The van der Waals surface area contributed by atoms with Crippen molar-refractivity contribution in [3.05, 3.63) is 29.0 Å². The fourth-order valence-electron chi connectivity index (χ4n) is 1.94. The molecule has 18 heavy (non-hydrogen) atoms. The molecule has 0 radical (unpaired) electrons. The van der Waals surface area contributed by atoms with Crippen molar-refractivity contribution in [3.63, 3.8) is 0 Å². The van der Waals surface area contributed by atoms with Crippen LogP contribution in [-0.4, -0.2) is 16.7 Å². The zero-order valence-electron chi connectivity index (χ0n) is 9.60. The number of ether oxygens (including phenoxy) is 1. The molecule has 1 saturated heterocycles. The molecule has 0 bridgehead atoms. The highest BCUT2D eigenvalue weighted by Crippen LogP contribution is 2.30. The summed E-state index contributed by atoms with van der Waals surface area (Å²) in [6.45, 7) is 0.752. The number of hydrogen-bond acceptors (Lipinski definition) is 5. The summed E-state index contributed by atoms with van der Waals surface area (Å²) < 4.78 is 10.7. The number of hydrogen-bond donors (Lipinski definition) is 1. The molecule has 5 nitrogen and oxygen atoms in total. The molecular formula is C12H12ClN3O2. The molecule has 0 spiro atoms. The highest BCUT2D eigenvalue weighted by atomic mass is 35.5. The minimum atomic E-state index is -0.0489. The zero-order chi connectivity index (χ0) is 12.5. The van der Waals surface area contributed by atoms with Gasteiger partial charge in [-0.05, 0) is 31.0 Å². The second-order valence-corrected chi connectivity index (χ2v) is 4.60. The lowest BCUT2D eigenvalue weighted by Gasteiger charge is -2.01. The lowest BCUT2D eigenvalue weighted by molar-refractivity contribution is 0.103. The monoisotopic (exact) mass is 265 g/mol. The van der Waals surface area contributed by atoms with Crippen LogP contribution in [0.4, 0.5) is 5.69 Å². The zero-order valence-corrected chi connectivity index (χ0v) is 10.4. The van der Waals surface area contributed by atoms with Crippen molar-refractivity contribution in [1.82, 2.24) is 10.1 Å². The van der Waals surface area contributed by atoms with Gasteiger partial charge >= 0.3 is 0 Å². The smallest absolute Gasteiger partial charge is 0.258 e. The van der Waals surface area contributed by atoms with Gasteiger partial charge in [0.2, 0.25) is 5.82 Å². The predicted molar refractivity (Wildman–Crippen MR) is 67.1 cm³/mol. The molecule has 1 unspecified atom stereocenters. The first kappa shape index (κ1) is 11.5. The largest absolute Gasteiger partial charge is 0.398 e. The van der Waals surface area contributed by atoms with Crippen molar-refractivity contribution in [2.24, 2.45) is 0 Å². The van der Waals surface area contributed by atoms with Crippen LogP contribution in [0, 0.1) is 0 Å². The number of nitrogen functional groups attached to an aromatic ring is 1. The van der Waals surface area contributed by atoms with Crippen LogP contribution < -0.4 is 5.73 Å². The van der Waals surface area contributed by atoms with E-state index in [2.05, 4.69) is 10.1 Å². The Kier molecular flexibility index (Phi) is 2.93. The van der Waals surface area contributed by atoms with Gasteiger partial charge in [0.25, 0.3) is 5.89 Å². The summed E-state index contributed by atoms with van der Waals surface area (Å²) in [6, 6.07) is 5.22. The van der Waals surface area contributed by atoms with Crippen LogP contribution >= 0.6 is 11.6 Å². The van der Waals surface area contributed by atoms with Crippen LogP contribution in [0.1, 0.15) is 24.8 Å². The minimum absolute atomic E-state index is 0.0489. The van der Waals surface area contributed by atoms with E-state index in [9.17, 15) is 0 Å². The molecular weight excluding hydrogens is 254 g/mol. The molecule has 0 amide bonds. The van der Waals surface area contributed by atoms with Gasteiger partial charge in [0.1, 0.15) is 6.10 Å². The third-order valence-electron chi connectivity index (χ3n) is 2.90. The molecule has 1 aliphatic rings. The van der Waals surface area contributed by atoms with Crippen LogP contribution in [-0.2, 0) is 4.74 Å². The number of aromatic nitrogens is 2. The fraction of sp³-hybridized carbons (Fsp3) is 0.333. The molecule has 0 saturated carbocycles. The van der Waals surface area contributed by atoms with E-state index in [0.29, 0.717) is 22.4 Å². The molecule has 6 heteroatoms. The lowest BCUT2D eigenvalue weighted by Crippen LogP contribution is -1.97. The second kappa shape index (κ2) is 4.59. The number of nitrogens with zero attached hydrogens (tertiary/aromatic N) is 2. The molecule has 94 valence electrons. The number of rotatable bonds is 2. The maximum absolute atomic E-state index is 5.87. The van der Waals surface area contributed by atoms with Crippen LogP contribution in [0.25, 0.3) is 11.5 Å². The van der Waals surface area contributed by atoms with E-state index in [4.69, 9.17) is 26.6 Å². The van der Waals surface area contributed by atoms with Crippen LogP contribution in [0.5, 0.6) is 0 Å². The van der Waals surface area contributed by atoms with E-state index in [1.54, 1.807) is 18.2 Å². The van der Waals surface area contributed by atoms with Gasteiger partial charge in [-0.3, -0.25) is 0 Å². The summed E-state index contributed by atoms with van der Waals surface area (Å²) in [7, 11) is 0. The molecule has 1 aromatic heterocycles. The third kappa shape index (κ3) is 2.07. The van der Waals surface area contributed by atoms with Crippen molar-refractivity contribution >= 4 is 17.3 Å². The molecule has 1 aliphatic heterocycles. The van der Waals surface area contributed by atoms with Gasteiger partial charge < -0.3 is 15.0 Å². The summed E-state index contributed by atoms with van der Waals surface area (Å²) in [5.41, 5.74) is 6.99. The number of benzene rings is 1. The maximum atomic E-state index is 5.87. The van der Waals surface area contributed by atoms with E-state index < -0.39 is 0 Å². The average Bonchev–Trinajstić information content (AvgIpc) is 3.01. The standard InChI is InChI=1S/C12H12ClN3O2/c13-8-4-3-7(6-9(8)14)12-15-11(16-18-12)10-2-1-5-17-10/h3-4,6,10H,1-2,5,14H2. The van der Waals surface area contributed by atoms with Gasteiger partial charge in [-0.15, -0.1) is 0 Å². The van der Waals surface area contributed by atoms with Gasteiger partial charge in [0, 0.05) is 12.2 Å². The first-order valence-electron chi connectivity index (χ1n) is 5.74. The topological polar surface area (TPSA) is 74.2 Å². The Morgan fingerprint density at radius 3 is 3.00 bits per heavy atom. The Hall–Kier alpha value is -1.59. The summed E-state index contributed by atoms with van der Waals surface area (Å²) >= 11 is 5.87. The Morgan fingerprint density at radius 2 is 2.28 bits per heavy atom. The average molecular weight is 266 g/mol. The normalized spacial score (nSPS) is 19.3. The van der Waals surface area contributed by atoms with Crippen LogP contribution in [0.3, 0.4) is 0 Å². The molecule has 3 rings (SSSR count). The highest BCUT2D eigenvalue weighted by Gasteiger charge is 2.23. The molecule has 1 atom stereocenters. The summed E-state index contributed by atoms with van der Waals surface area (Å²) in [6.07, 6.45) is 1.91. The van der Waals surface area contributed by atoms with Gasteiger partial charge in [0.15, 0.2) is 0 Å². The highest BCUT2D eigenvalue weighted by molar-refractivity contribution is 6.33. The van der Waals surface area contributed by atoms with E-state index in [1.165, 1.54) is 0 Å². The molecule has 2 N–H and O–H groups in total. The number of nitrogens with two attached hydrogens (primary N) is 1. The van der Waals surface area contributed by atoms with Crippen molar-refractivity contribution in [1.29, 1.82) is 0 Å². The second-order valence-electron chi connectivity index (χ2n) is 4.20. The quantitative estimate of drug-likeness (QED) is 0.845. The number of anilines is 1. The van der Waals surface area contributed by atoms with E-state index in [1.807, 2.05) is 0 Å². The van der Waals surface area contributed by atoms with Gasteiger partial charge in [-0.1, -0.05) is 16.8 Å². The molecule has 2 aromatic rings. The Balaban J connectivity index is 1.89. The SMILES string of the molecule is Nc1cc(-c2nc(C3CCCO3)no2)ccc1Cl. The lowest BCUT2D eigenvalue weighted by atomic mass is 10.2. The summed E-state index contributed by atoms with van der Waals surface area (Å²) in [5, 5.41) is 4.45. The fourth-order valence-corrected chi connectivity index (χ4v) is 2.06. The molecule has 0 aliphatic carbocycles. The Labute approximate surface area is 109 Å². The van der Waals surface area contributed by atoms with E-state index >= 15 is 0 Å². The van der Waals surface area contributed by atoms with Crippen LogP contribution in [0.15, 0.2) is 22.7 Å². The van der Waals surface area contributed by atoms with Crippen molar-refractivity contribution in [3.8, 4) is 11.5 Å². The third-order valence-corrected chi connectivity index (χ3v) is 3.25. The minimum Gasteiger partial charge on any atom is -0.398 e. The van der Waals surface area contributed by atoms with Crippen molar-refractivity contribution in [2.75, 3.05) is 12.3 Å². The van der Waals surface area contributed by atoms with E-state index in [-0.39, 0.29) is 6.10 Å². The van der Waals surface area contributed by atoms with Gasteiger partial charge in [0.05, 0.1) is 10.7 Å². The van der Waals surface area contributed by atoms with Crippen LogP contribution in [0.2, 0.25) is 5.02 Å². The van der Waals surface area contributed by atoms with Gasteiger partial charge in [-0.2, -0.15) is 4.98 Å². The van der Waals surface area contributed by atoms with Gasteiger partial charge in [-0.25, -0.2) is 0 Å². The van der Waals surface area contributed by atoms with Crippen molar-refractivity contribution < 1.29 is 9.26 Å². The maximum Gasteiger partial charge on any atom is 0.258 e. The number of halogens is 1. The summed E-state index contributed by atoms with van der Waals surface area (Å²) in [5.74, 6) is 1.03. The predicted octanol–water partition coefficient (Wildman–Crippen LogP) is 2.82.